The van der Waals surface area contributed by atoms with Crippen molar-refractivity contribution in [1.29, 1.82) is 0 Å². The van der Waals surface area contributed by atoms with Gasteiger partial charge in [0, 0.05) is 23.3 Å². The zero-order valence-electron chi connectivity index (χ0n) is 16.2. The molecular weight excluding hydrogens is 366 g/mol. The summed E-state index contributed by atoms with van der Waals surface area (Å²) in [5.74, 6) is 0.121. The van der Waals surface area contributed by atoms with Crippen molar-refractivity contribution in [3.05, 3.63) is 33.4 Å². The first-order valence-electron chi connectivity index (χ1n) is 9.50. The van der Waals surface area contributed by atoms with E-state index in [0.29, 0.717) is 23.3 Å². The van der Waals surface area contributed by atoms with E-state index in [9.17, 15) is 19.7 Å². The number of ether oxygens (including phenoxy) is 2. The Kier molecular flexibility index (Phi) is 5.83. The Bertz CT molecular complexity index is 796. The number of carbonyl (C=O) groups excluding carboxylic acids is 2. The molecule has 1 saturated heterocycles. The van der Waals surface area contributed by atoms with E-state index in [1.807, 2.05) is 0 Å². The lowest BCUT2D eigenvalue weighted by molar-refractivity contribution is -0.385. The number of nitro benzene ring substituents is 1. The Balaban J connectivity index is 1.81. The van der Waals surface area contributed by atoms with E-state index in [0.717, 1.165) is 30.6 Å². The summed E-state index contributed by atoms with van der Waals surface area (Å²) < 4.78 is 10.7. The standard InChI is InChI=1S/C19H25N3O6/c1-3-4-5-6-7-19(2)17(23)21(18(24)20-19)10-13-8-15(22(25)26)9-14-11-27-12-28-16(13)14/h8-9H,3-7,10-12H2,1-2H3,(H,20,24)/t19-/m0/s1. The van der Waals surface area contributed by atoms with Crippen LogP contribution >= 0.6 is 0 Å². The molecule has 0 bridgehead atoms. The molecule has 1 atom stereocenters. The van der Waals surface area contributed by atoms with E-state index in [-0.39, 0.29) is 31.5 Å². The van der Waals surface area contributed by atoms with Crippen LogP contribution in [0.1, 0.15) is 57.1 Å². The lowest BCUT2D eigenvalue weighted by Crippen LogP contribution is -2.43. The predicted molar refractivity (Wildman–Crippen MR) is 99.6 cm³/mol. The first kappa shape index (κ1) is 20.1. The SMILES string of the molecule is CCCCCC[C@]1(C)NC(=O)N(Cc2cc([N+](=O)[O-])cc3c2OCOC3)C1=O. The highest BCUT2D eigenvalue weighted by molar-refractivity contribution is 6.06. The number of unbranched alkanes of at least 4 members (excludes halogenated alkanes) is 3. The summed E-state index contributed by atoms with van der Waals surface area (Å²) >= 11 is 0. The molecular formula is C19H25N3O6. The lowest BCUT2D eigenvalue weighted by atomic mass is 9.94. The summed E-state index contributed by atoms with van der Waals surface area (Å²) in [6, 6.07) is 2.25. The van der Waals surface area contributed by atoms with Crippen molar-refractivity contribution in [2.45, 2.75) is 64.6 Å². The third-order valence-corrected chi connectivity index (χ3v) is 5.19. The van der Waals surface area contributed by atoms with E-state index in [4.69, 9.17) is 9.47 Å². The van der Waals surface area contributed by atoms with Gasteiger partial charge < -0.3 is 14.8 Å². The number of fused-ring (bicyclic) bond motifs is 1. The summed E-state index contributed by atoms with van der Waals surface area (Å²) in [6.45, 7) is 3.96. The van der Waals surface area contributed by atoms with Gasteiger partial charge in [0.05, 0.1) is 18.1 Å². The van der Waals surface area contributed by atoms with Crippen molar-refractivity contribution in [3.63, 3.8) is 0 Å². The molecule has 152 valence electrons. The van der Waals surface area contributed by atoms with Crippen LogP contribution in [0.25, 0.3) is 0 Å². The largest absolute Gasteiger partial charge is 0.467 e. The molecule has 1 aromatic carbocycles. The molecule has 28 heavy (non-hydrogen) atoms. The maximum atomic E-state index is 12.9. The van der Waals surface area contributed by atoms with Crippen molar-refractivity contribution in [3.8, 4) is 5.75 Å². The van der Waals surface area contributed by atoms with E-state index in [2.05, 4.69) is 12.2 Å². The molecule has 0 aromatic heterocycles. The number of nitrogens with one attached hydrogen (secondary N) is 1. The maximum Gasteiger partial charge on any atom is 0.325 e. The van der Waals surface area contributed by atoms with E-state index < -0.39 is 16.5 Å². The van der Waals surface area contributed by atoms with Crippen LogP contribution in [0.5, 0.6) is 5.75 Å². The van der Waals surface area contributed by atoms with Crippen LogP contribution in [0.3, 0.4) is 0 Å². The molecule has 0 aliphatic carbocycles. The number of nitro groups is 1. The average Bonchev–Trinajstić information content (AvgIpc) is 2.88. The van der Waals surface area contributed by atoms with Gasteiger partial charge in [0.15, 0.2) is 6.79 Å². The summed E-state index contributed by atoms with van der Waals surface area (Å²) in [5.41, 5.74) is -0.122. The molecule has 3 amide bonds. The Hall–Kier alpha value is -2.68. The monoisotopic (exact) mass is 391 g/mol. The molecule has 9 heteroatoms. The van der Waals surface area contributed by atoms with Crippen LogP contribution in [0, 0.1) is 10.1 Å². The fraction of sp³-hybridized carbons (Fsp3) is 0.579. The smallest absolute Gasteiger partial charge is 0.325 e. The zero-order chi connectivity index (χ0) is 20.3. The van der Waals surface area contributed by atoms with E-state index in [1.165, 1.54) is 12.1 Å². The minimum atomic E-state index is -0.949. The van der Waals surface area contributed by atoms with Crippen molar-refractivity contribution in [1.82, 2.24) is 10.2 Å². The Morgan fingerprint density at radius 1 is 1.29 bits per heavy atom. The fourth-order valence-electron chi connectivity index (χ4n) is 3.64. The van der Waals surface area contributed by atoms with Gasteiger partial charge in [-0.05, 0) is 13.3 Å². The van der Waals surface area contributed by atoms with Crippen LogP contribution in [0.15, 0.2) is 12.1 Å². The molecule has 1 N–H and O–H groups in total. The Labute approximate surface area is 163 Å². The third-order valence-electron chi connectivity index (χ3n) is 5.19. The van der Waals surface area contributed by atoms with Crippen molar-refractivity contribution in [2.75, 3.05) is 6.79 Å². The number of carbonyl (C=O) groups is 2. The minimum absolute atomic E-state index is 0.0209. The number of non-ortho nitro benzene ring substituents is 1. The number of rotatable bonds is 8. The Morgan fingerprint density at radius 2 is 2.07 bits per heavy atom. The number of nitrogens with zero attached hydrogens (tertiary/aromatic N) is 2. The minimum Gasteiger partial charge on any atom is -0.467 e. The lowest BCUT2D eigenvalue weighted by Gasteiger charge is -2.23. The topological polar surface area (TPSA) is 111 Å². The van der Waals surface area contributed by atoms with Crippen LogP contribution in [-0.2, 0) is 22.7 Å². The van der Waals surface area contributed by atoms with Gasteiger partial charge in [0.1, 0.15) is 11.3 Å². The van der Waals surface area contributed by atoms with E-state index in [1.54, 1.807) is 6.92 Å². The van der Waals surface area contributed by atoms with Crippen LogP contribution in [0.2, 0.25) is 0 Å². The highest BCUT2D eigenvalue weighted by atomic mass is 16.7. The van der Waals surface area contributed by atoms with Gasteiger partial charge in [0.2, 0.25) is 0 Å². The first-order chi connectivity index (χ1) is 13.4. The highest BCUT2D eigenvalue weighted by Gasteiger charge is 2.47. The molecule has 0 spiro atoms. The molecule has 2 aliphatic rings. The van der Waals surface area contributed by atoms with Crippen LogP contribution < -0.4 is 10.1 Å². The van der Waals surface area contributed by atoms with Gasteiger partial charge in [-0.2, -0.15) is 0 Å². The number of imide groups is 1. The molecule has 2 aliphatic heterocycles. The zero-order valence-corrected chi connectivity index (χ0v) is 16.2. The van der Waals surface area contributed by atoms with Crippen molar-refractivity contribution >= 4 is 17.6 Å². The van der Waals surface area contributed by atoms with Gasteiger partial charge >= 0.3 is 6.03 Å². The second-order valence-electron chi connectivity index (χ2n) is 7.43. The predicted octanol–water partition coefficient (Wildman–Crippen LogP) is 3.24. The van der Waals surface area contributed by atoms with Gasteiger partial charge in [-0.3, -0.25) is 19.8 Å². The summed E-state index contributed by atoms with van der Waals surface area (Å²) in [6.07, 6.45) is 4.58. The van der Waals surface area contributed by atoms with Gasteiger partial charge in [-0.25, -0.2) is 4.79 Å². The third kappa shape index (κ3) is 3.94. The van der Waals surface area contributed by atoms with Gasteiger partial charge in [-0.1, -0.05) is 32.6 Å². The van der Waals surface area contributed by atoms with Gasteiger partial charge in [0.25, 0.3) is 11.6 Å². The maximum absolute atomic E-state index is 12.9. The quantitative estimate of drug-likeness (QED) is 0.315. The number of urea groups is 1. The highest BCUT2D eigenvalue weighted by Crippen LogP contribution is 2.35. The molecule has 0 unspecified atom stereocenters. The summed E-state index contributed by atoms with van der Waals surface area (Å²) in [5, 5.41) is 14.0. The molecule has 1 fully saturated rings. The number of hydrogen-bond acceptors (Lipinski definition) is 6. The Morgan fingerprint density at radius 3 is 2.79 bits per heavy atom. The number of benzene rings is 1. The molecule has 9 nitrogen and oxygen atoms in total. The molecule has 0 saturated carbocycles. The number of amides is 3. The van der Waals surface area contributed by atoms with Crippen LogP contribution in [-0.4, -0.2) is 34.1 Å². The average molecular weight is 391 g/mol. The van der Waals surface area contributed by atoms with Crippen molar-refractivity contribution in [2.24, 2.45) is 0 Å². The van der Waals surface area contributed by atoms with Gasteiger partial charge in [-0.15, -0.1) is 0 Å². The van der Waals surface area contributed by atoms with E-state index >= 15 is 0 Å². The molecule has 0 radical (unpaired) electrons. The second-order valence-corrected chi connectivity index (χ2v) is 7.43. The normalized spacial score (nSPS) is 21.3. The summed E-state index contributed by atoms with van der Waals surface area (Å²) in [7, 11) is 0. The number of hydrogen-bond donors (Lipinski definition) is 1. The first-order valence-corrected chi connectivity index (χ1v) is 9.50. The summed E-state index contributed by atoms with van der Waals surface area (Å²) in [4.78, 5) is 37.3. The second kappa shape index (κ2) is 8.14. The van der Waals surface area contributed by atoms with Crippen molar-refractivity contribution < 1.29 is 24.0 Å². The molecule has 3 rings (SSSR count). The van der Waals surface area contributed by atoms with Crippen LogP contribution in [0.4, 0.5) is 10.5 Å². The fourth-order valence-corrected chi connectivity index (χ4v) is 3.64. The molecule has 1 aromatic rings. The molecule has 2 heterocycles.